The molecule has 1 aliphatic rings. The van der Waals surface area contributed by atoms with Gasteiger partial charge in [0.1, 0.15) is 0 Å². The Balaban J connectivity index is 3.05. The van der Waals surface area contributed by atoms with E-state index in [1.165, 1.54) is 11.1 Å². The Morgan fingerprint density at radius 1 is 1.25 bits per heavy atom. The van der Waals surface area contributed by atoms with Gasteiger partial charge in [-0.25, -0.2) is 4.79 Å². The third-order valence-electron chi connectivity index (χ3n) is 3.68. The first kappa shape index (κ1) is 13.0. The van der Waals surface area contributed by atoms with E-state index in [0.29, 0.717) is 12.5 Å². The molecule has 0 aliphatic heterocycles. The van der Waals surface area contributed by atoms with Gasteiger partial charge >= 0.3 is 5.97 Å². The first-order valence-electron chi connectivity index (χ1n) is 6.07. The summed E-state index contributed by atoms with van der Waals surface area (Å²) >= 11 is 0. The summed E-state index contributed by atoms with van der Waals surface area (Å²) in [6, 6.07) is 0. The number of rotatable bonds is 3. The fourth-order valence-corrected chi connectivity index (χ4v) is 2.29. The van der Waals surface area contributed by atoms with E-state index in [0.717, 1.165) is 24.0 Å². The molecule has 2 heteroatoms. The smallest absolute Gasteiger partial charge is 0.334 e. The summed E-state index contributed by atoms with van der Waals surface area (Å²) in [5, 5.41) is 0. The first-order chi connectivity index (χ1) is 7.52. The van der Waals surface area contributed by atoms with Gasteiger partial charge < -0.3 is 4.74 Å². The molecule has 0 aromatic heterocycles. The lowest BCUT2D eigenvalue weighted by atomic mass is 9.79. The number of hydrogen-bond donors (Lipinski definition) is 0. The fraction of sp³-hybridized carbons (Fsp3) is 0.643. The maximum Gasteiger partial charge on any atom is 0.334 e. The maximum atomic E-state index is 11.8. The van der Waals surface area contributed by atoms with E-state index in [1.54, 1.807) is 0 Å². The second-order valence-corrected chi connectivity index (χ2v) is 4.44. The summed E-state index contributed by atoms with van der Waals surface area (Å²) in [6.45, 7) is 10.8. The van der Waals surface area contributed by atoms with Crippen LogP contribution in [0.4, 0.5) is 0 Å². The quantitative estimate of drug-likeness (QED) is 0.681. The molecule has 1 rings (SSSR count). The van der Waals surface area contributed by atoms with Gasteiger partial charge in [-0.05, 0) is 57.6 Å². The van der Waals surface area contributed by atoms with Crippen molar-refractivity contribution in [1.29, 1.82) is 0 Å². The van der Waals surface area contributed by atoms with Crippen molar-refractivity contribution in [3.05, 3.63) is 22.3 Å². The zero-order chi connectivity index (χ0) is 12.3. The van der Waals surface area contributed by atoms with E-state index in [-0.39, 0.29) is 5.97 Å². The van der Waals surface area contributed by atoms with Gasteiger partial charge in [-0.1, -0.05) is 12.5 Å². The predicted molar refractivity (Wildman–Crippen MR) is 66.1 cm³/mol. The Hall–Kier alpha value is -1.05. The van der Waals surface area contributed by atoms with E-state index < -0.39 is 0 Å². The molecule has 0 heterocycles. The van der Waals surface area contributed by atoms with Crippen molar-refractivity contribution in [2.45, 2.75) is 47.5 Å². The van der Waals surface area contributed by atoms with Crippen molar-refractivity contribution in [1.82, 2.24) is 0 Å². The standard InChI is InChI=1S/C14H22O2/c1-6-12-8-13(14(15)16-7-2)11(5)9(3)10(12)4/h12H,6-8H2,1-5H3. The summed E-state index contributed by atoms with van der Waals surface area (Å²) in [4.78, 5) is 11.8. The van der Waals surface area contributed by atoms with E-state index in [4.69, 9.17) is 4.74 Å². The Morgan fingerprint density at radius 3 is 2.38 bits per heavy atom. The van der Waals surface area contributed by atoms with Gasteiger partial charge in [0.15, 0.2) is 0 Å². The molecule has 0 radical (unpaired) electrons. The lowest BCUT2D eigenvalue weighted by molar-refractivity contribution is -0.138. The van der Waals surface area contributed by atoms with E-state index in [2.05, 4.69) is 20.8 Å². The van der Waals surface area contributed by atoms with E-state index >= 15 is 0 Å². The molecule has 2 nitrogen and oxygen atoms in total. The highest BCUT2D eigenvalue weighted by Crippen LogP contribution is 2.36. The van der Waals surface area contributed by atoms with Crippen LogP contribution in [-0.4, -0.2) is 12.6 Å². The number of ether oxygens (including phenoxy) is 1. The Morgan fingerprint density at radius 2 is 1.88 bits per heavy atom. The summed E-state index contributed by atoms with van der Waals surface area (Å²) in [6.07, 6.45) is 1.92. The summed E-state index contributed by atoms with van der Waals surface area (Å²) < 4.78 is 5.11. The fourth-order valence-electron chi connectivity index (χ4n) is 2.29. The second-order valence-electron chi connectivity index (χ2n) is 4.44. The molecule has 0 fully saturated rings. The molecule has 1 unspecified atom stereocenters. The minimum Gasteiger partial charge on any atom is -0.463 e. The van der Waals surface area contributed by atoms with Gasteiger partial charge in [0.05, 0.1) is 6.61 Å². The topological polar surface area (TPSA) is 26.3 Å². The lowest BCUT2D eigenvalue weighted by Crippen LogP contribution is -2.19. The Labute approximate surface area is 98.4 Å². The minimum absolute atomic E-state index is 0.134. The summed E-state index contributed by atoms with van der Waals surface area (Å²) in [7, 11) is 0. The van der Waals surface area contributed by atoms with E-state index in [1.807, 2.05) is 13.8 Å². The average molecular weight is 222 g/mol. The normalized spacial score (nSPS) is 21.4. The summed E-state index contributed by atoms with van der Waals surface area (Å²) in [5.74, 6) is 0.369. The van der Waals surface area contributed by atoms with Crippen LogP contribution in [0.2, 0.25) is 0 Å². The van der Waals surface area contributed by atoms with Gasteiger partial charge in [0.25, 0.3) is 0 Å². The van der Waals surface area contributed by atoms with Crippen molar-refractivity contribution < 1.29 is 9.53 Å². The molecule has 16 heavy (non-hydrogen) atoms. The van der Waals surface area contributed by atoms with Gasteiger partial charge in [-0.3, -0.25) is 0 Å². The molecule has 1 aliphatic carbocycles. The molecule has 0 aromatic carbocycles. The molecule has 90 valence electrons. The third-order valence-corrected chi connectivity index (χ3v) is 3.68. The summed E-state index contributed by atoms with van der Waals surface area (Å²) in [5.41, 5.74) is 4.67. The molecule has 0 saturated carbocycles. The first-order valence-corrected chi connectivity index (χ1v) is 6.07. The van der Waals surface area contributed by atoms with Crippen molar-refractivity contribution >= 4 is 5.97 Å². The molecule has 0 bridgehead atoms. The van der Waals surface area contributed by atoms with Crippen LogP contribution in [-0.2, 0) is 9.53 Å². The molecule has 1 atom stereocenters. The van der Waals surface area contributed by atoms with E-state index in [9.17, 15) is 4.79 Å². The molecular weight excluding hydrogens is 200 g/mol. The van der Waals surface area contributed by atoms with Crippen molar-refractivity contribution in [2.24, 2.45) is 5.92 Å². The predicted octanol–water partition coefficient (Wildman–Crippen LogP) is 3.63. The number of carbonyl (C=O) groups excluding carboxylic acids is 1. The van der Waals surface area contributed by atoms with Crippen LogP contribution in [0, 0.1) is 5.92 Å². The van der Waals surface area contributed by atoms with Gasteiger partial charge in [0, 0.05) is 5.57 Å². The highest BCUT2D eigenvalue weighted by molar-refractivity contribution is 5.90. The van der Waals surface area contributed by atoms with Gasteiger partial charge in [-0.2, -0.15) is 0 Å². The third kappa shape index (κ3) is 2.37. The number of hydrogen-bond acceptors (Lipinski definition) is 2. The van der Waals surface area contributed by atoms with Crippen LogP contribution in [0.15, 0.2) is 22.3 Å². The molecule has 0 spiro atoms. The number of allylic oxidation sites excluding steroid dienone is 3. The van der Waals surface area contributed by atoms with Crippen LogP contribution >= 0.6 is 0 Å². The van der Waals surface area contributed by atoms with Crippen LogP contribution in [0.3, 0.4) is 0 Å². The molecule has 0 saturated heterocycles. The number of esters is 1. The SMILES string of the molecule is CCOC(=O)C1=C(C)C(C)=C(C)C(CC)C1. The Kier molecular flexibility index (Phi) is 4.34. The monoisotopic (exact) mass is 222 g/mol. The zero-order valence-corrected chi connectivity index (χ0v) is 11.0. The van der Waals surface area contributed by atoms with Crippen LogP contribution in [0.25, 0.3) is 0 Å². The lowest BCUT2D eigenvalue weighted by Gasteiger charge is -2.27. The molecular formula is C14H22O2. The molecule has 0 amide bonds. The van der Waals surface area contributed by atoms with Crippen LogP contribution in [0.5, 0.6) is 0 Å². The highest BCUT2D eigenvalue weighted by Gasteiger charge is 2.26. The van der Waals surface area contributed by atoms with Gasteiger partial charge in [-0.15, -0.1) is 0 Å². The van der Waals surface area contributed by atoms with Crippen molar-refractivity contribution in [3.8, 4) is 0 Å². The second kappa shape index (κ2) is 5.33. The zero-order valence-electron chi connectivity index (χ0n) is 11.0. The molecule has 0 aromatic rings. The minimum atomic E-state index is -0.134. The number of carbonyl (C=O) groups is 1. The van der Waals surface area contributed by atoms with Crippen molar-refractivity contribution in [2.75, 3.05) is 6.61 Å². The Bertz CT molecular complexity index is 348. The largest absolute Gasteiger partial charge is 0.463 e. The highest BCUT2D eigenvalue weighted by atomic mass is 16.5. The van der Waals surface area contributed by atoms with Crippen molar-refractivity contribution in [3.63, 3.8) is 0 Å². The molecule has 0 N–H and O–H groups in total. The maximum absolute atomic E-state index is 11.8. The average Bonchev–Trinajstić information content (AvgIpc) is 2.27. The van der Waals surface area contributed by atoms with Crippen LogP contribution in [0.1, 0.15) is 47.5 Å². The van der Waals surface area contributed by atoms with Gasteiger partial charge in [0.2, 0.25) is 0 Å². The van der Waals surface area contributed by atoms with Crippen LogP contribution < -0.4 is 0 Å².